The lowest BCUT2D eigenvalue weighted by molar-refractivity contribution is -0.135. The summed E-state index contributed by atoms with van der Waals surface area (Å²) < 4.78 is 5.55. The second kappa shape index (κ2) is 11.6. The van der Waals surface area contributed by atoms with E-state index in [0.29, 0.717) is 43.5 Å². The van der Waals surface area contributed by atoms with Crippen LogP contribution >= 0.6 is 11.3 Å². The van der Waals surface area contributed by atoms with Gasteiger partial charge in [-0.25, -0.2) is 4.79 Å². The minimum Gasteiger partial charge on any atom is -0.399 e. The van der Waals surface area contributed by atoms with Gasteiger partial charge in [-0.3, -0.25) is 20.1 Å². The molecular formula is C28H29N5O4S. The molecule has 3 heterocycles. The van der Waals surface area contributed by atoms with Crippen molar-refractivity contribution in [1.82, 2.24) is 20.0 Å². The summed E-state index contributed by atoms with van der Waals surface area (Å²) in [4.78, 5) is 28.5. The van der Waals surface area contributed by atoms with Crippen LogP contribution in [0.5, 0.6) is 5.06 Å². The lowest BCUT2D eigenvalue weighted by Gasteiger charge is -2.34. The molecule has 10 heteroatoms. The van der Waals surface area contributed by atoms with Crippen LogP contribution in [0.1, 0.15) is 22.4 Å². The van der Waals surface area contributed by atoms with Crippen molar-refractivity contribution < 1.29 is 19.4 Å². The van der Waals surface area contributed by atoms with Gasteiger partial charge in [0.15, 0.2) is 5.06 Å². The van der Waals surface area contributed by atoms with E-state index in [2.05, 4.69) is 20.4 Å². The summed E-state index contributed by atoms with van der Waals surface area (Å²) in [5.74, 6) is -0.239. The lowest BCUT2D eigenvalue weighted by Crippen LogP contribution is -2.49. The van der Waals surface area contributed by atoms with Crippen LogP contribution in [0.2, 0.25) is 0 Å². The number of rotatable bonds is 7. The lowest BCUT2D eigenvalue weighted by atomic mass is 10.1. The molecule has 4 aromatic rings. The number of ether oxygens (including phenoxy) is 1. The van der Waals surface area contributed by atoms with Gasteiger partial charge in [-0.05, 0) is 47.7 Å². The van der Waals surface area contributed by atoms with Gasteiger partial charge in [0, 0.05) is 43.7 Å². The number of nitrogens with one attached hydrogen (secondary N) is 2. The molecule has 2 aromatic heterocycles. The number of anilines is 1. The van der Waals surface area contributed by atoms with E-state index in [1.807, 2.05) is 73.0 Å². The SMILES string of the molecule is Cc1ccsc1OC(=O)Nc1cc(CN2CCN(C(=O)CO)CC2)ccc1/C=C/c1n[nH]c2ccccc12. The number of aryl methyl sites for hydroxylation is 1. The molecule has 2 amide bonds. The van der Waals surface area contributed by atoms with Gasteiger partial charge < -0.3 is 14.7 Å². The maximum atomic E-state index is 12.8. The highest BCUT2D eigenvalue weighted by Crippen LogP contribution is 2.27. The Kier molecular flexibility index (Phi) is 7.83. The van der Waals surface area contributed by atoms with Gasteiger partial charge in [0.2, 0.25) is 5.91 Å². The Labute approximate surface area is 224 Å². The van der Waals surface area contributed by atoms with Crippen LogP contribution in [0.4, 0.5) is 10.5 Å². The van der Waals surface area contributed by atoms with Gasteiger partial charge in [0.1, 0.15) is 6.61 Å². The molecule has 1 aliphatic heterocycles. The minimum absolute atomic E-state index is 0.239. The number of hydrogen-bond acceptors (Lipinski definition) is 7. The zero-order valence-corrected chi connectivity index (χ0v) is 21.8. The highest BCUT2D eigenvalue weighted by molar-refractivity contribution is 7.12. The number of nitrogens with zero attached hydrogens (tertiary/aromatic N) is 3. The maximum absolute atomic E-state index is 12.8. The first-order valence-electron chi connectivity index (χ1n) is 12.4. The normalized spacial score (nSPS) is 14.3. The molecule has 0 radical (unpaired) electrons. The molecule has 0 atom stereocenters. The molecule has 9 nitrogen and oxygen atoms in total. The smallest absolute Gasteiger partial charge is 0.399 e. The maximum Gasteiger partial charge on any atom is 0.417 e. The number of fused-ring (bicyclic) bond motifs is 1. The summed E-state index contributed by atoms with van der Waals surface area (Å²) in [6.45, 7) is 4.69. The van der Waals surface area contributed by atoms with E-state index >= 15 is 0 Å². The van der Waals surface area contributed by atoms with Gasteiger partial charge in [0.25, 0.3) is 0 Å². The molecule has 0 saturated carbocycles. The quantitative estimate of drug-likeness (QED) is 0.327. The average molecular weight is 532 g/mol. The average Bonchev–Trinajstić information content (AvgIpc) is 3.53. The minimum atomic E-state index is -0.552. The number of thiophene rings is 1. The molecule has 5 rings (SSSR count). The van der Waals surface area contributed by atoms with E-state index in [1.54, 1.807) is 4.90 Å². The first-order chi connectivity index (χ1) is 18.5. The Morgan fingerprint density at radius 3 is 2.71 bits per heavy atom. The standard InChI is InChI=1S/C28H29N5O4S/c1-19-10-15-38-27(19)37-28(36)29-25-16-20(17-32-11-13-33(14-12-32)26(35)18-34)6-7-21(25)8-9-24-22-4-2-3-5-23(22)30-31-24/h2-10,15-16,34H,11-14,17-18H2,1H3,(H,29,36)(H,30,31)/b9-8+. The summed E-state index contributed by atoms with van der Waals surface area (Å²) in [7, 11) is 0. The monoisotopic (exact) mass is 531 g/mol. The number of aromatic nitrogens is 2. The first kappa shape index (κ1) is 25.7. The number of aliphatic hydroxyl groups excluding tert-OH is 1. The third-order valence-corrected chi connectivity index (χ3v) is 7.43. The molecule has 0 bridgehead atoms. The van der Waals surface area contributed by atoms with E-state index < -0.39 is 12.7 Å². The number of piperazine rings is 1. The number of aromatic amines is 1. The number of carbonyl (C=O) groups is 2. The number of amides is 2. The Morgan fingerprint density at radius 2 is 1.95 bits per heavy atom. The number of para-hydroxylation sites is 1. The van der Waals surface area contributed by atoms with Crippen molar-refractivity contribution in [2.75, 3.05) is 38.1 Å². The van der Waals surface area contributed by atoms with E-state index in [0.717, 1.165) is 33.3 Å². The summed E-state index contributed by atoms with van der Waals surface area (Å²) in [5, 5.41) is 22.9. The van der Waals surface area contributed by atoms with Crippen molar-refractivity contribution >= 4 is 52.1 Å². The molecule has 2 aromatic carbocycles. The second-order valence-electron chi connectivity index (χ2n) is 9.13. The van der Waals surface area contributed by atoms with Crippen LogP contribution in [0.3, 0.4) is 0 Å². The van der Waals surface area contributed by atoms with Crippen molar-refractivity contribution in [3.05, 3.63) is 76.3 Å². The summed E-state index contributed by atoms with van der Waals surface area (Å²) >= 11 is 1.37. The molecule has 1 fully saturated rings. The predicted molar refractivity (Wildman–Crippen MR) is 149 cm³/mol. The highest BCUT2D eigenvalue weighted by atomic mass is 32.1. The van der Waals surface area contributed by atoms with Gasteiger partial charge >= 0.3 is 6.09 Å². The van der Waals surface area contributed by atoms with Gasteiger partial charge in [0.05, 0.1) is 16.9 Å². The molecule has 38 heavy (non-hydrogen) atoms. The molecule has 0 unspecified atom stereocenters. The van der Waals surface area contributed by atoms with Crippen LogP contribution in [-0.4, -0.2) is 69.9 Å². The molecule has 0 aliphatic carbocycles. The fourth-order valence-electron chi connectivity index (χ4n) is 4.43. The molecule has 1 aliphatic rings. The highest BCUT2D eigenvalue weighted by Gasteiger charge is 2.21. The van der Waals surface area contributed by atoms with E-state index in [-0.39, 0.29) is 5.91 Å². The van der Waals surface area contributed by atoms with Gasteiger partial charge in [-0.2, -0.15) is 5.10 Å². The Hall–Kier alpha value is -3.99. The zero-order valence-electron chi connectivity index (χ0n) is 21.0. The van der Waals surface area contributed by atoms with E-state index in [9.17, 15) is 9.59 Å². The second-order valence-corrected chi connectivity index (χ2v) is 10.0. The van der Waals surface area contributed by atoms with Crippen LogP contribution in [0, 0.1) is 6.92 Å². The molecule has 196 valence electrons. The summed E-state index contributed by atoms with van der Waals surface area (Å²) in [6, 6.07) is 15.8. The predicted octanol–water partition coefficient (Wildman–Crippen LogP) is 4.35. The first-order valence-corrected chi connectivity index (χ1v) is 13.3. The van der Waals surface area contributed by atoms with E-state index in [4.69, 9.17) is 9.84 Å². The number of benzene rings is 2. The molecule has 0 spiro atoms. The number of hydrogen-bond donors (Lipinski definition) is 3. The Bertz CT molecular complexity index is 1470. The van der Waals surface area contributed by atoms with E-state index in [1.165, 1.54) is 11.3 Å². The van der Waals surface area contributed by atoms with Crippen molar-refractivity contribution in [1.29, 1.82) is 0 Å². The van der Waals surface area contributed by atoms with Crippen LogP contribution < -0.4 is 10.1 Å². The largest absolute Gasteiger partial charge is 0.417 e. The van der Waals surface area contributed by atoms with Crippen LogP contribution in [0.15, 0.2) is 53.9 Å². The van der Waals surface area contributed by atoms with Crippen molar-refractivity contribution in [3.63, 3.8) is 0 Å². The molecular weight excluding hydrogens is 502 g/mol. The third-order valence-electron chi connectivity index (χ3n) is 6.54. The van der Waals surface area contributed by atoms with Crippen molar-refractivity contribution in [2.24, 2.45) is 0 Å². The molecule has 1 saturated heterocycles. The number of H-pyrrole nitrogens is 1. The topological polar surface area (TPSA) is 111 Å². The fraction of sp³-hybridized carbons (Fsp3) is 0.250. The summed E-state index contributed by atoms with van der Waals surface area (Å²) in [6.07, 6.45) is 3.30. The van der Waals surface area contributed by atoms with Crippen molar-refractivity contribution in [2.45, 2.75) is 13.5 Å². The zero-order chi connectivity index (χ0) is 26.5. The Morgan fingerprint density at radius 1 is 1.13 bits per heavy atom. The van der Waals surface area contributed by atoms with Crippen molar-refractivity contribution in [3.8, 4) is 5.06 Å². The molecule has 3 N–H and O–H groups in total. The number of aliphatic hydroxyl groups is 1. The summed E-state index contributed by atoms with van der Waals surface area (Å²) in [5.41, 5.74) is 5.14. The number of carbonyl (C=O) groups excluding carboxylic acids is 2. The third kappa shape index (κ3) is 5.94. The van der Waals surface area contributed by atoms with Crippen LogP contribution in [-0.2, 0) is 11.3 Å². The Balaban J connectivity index is 1.35. The fourth-order valence-corrected chi connectivity index (χ4v) is 5.21. The van der Waals surface area contributed by atoms with Gasteiger partial charge in [-0.15, -0.1) is 11.3 Å². The van der Waals surface area contributed by atoms with Gasteiger partial charge in [-0.1, -0.05) is 36.4 Å². The van der Waals surface area contributed by atoms with Crippen LogP contribution in [0.25, 0.3) is 23.1 Å².